The molecule has 104 valence electrons. The number of hydrogen-bond donors (Lipinski definition) is 2. The monoisotopic (exact) mass is 278 g/mol. The molecule has 3 N–H and O–H groups in total. The number of hydrogen-bond acceptors (Lipinski definition) is 3. The largest absolute Gasteiger partial charge is 0.396 e. The zero-order chi connectivity index (χ0) is 13.7. The first-order valence-corrected chi connectivity index (χ1v) is 7.36. The molecule has 1 aliphatic heterocycles. The van der Waals surface area contributed by atoms with E-state index in [9.17, 15) is 0 Å². The third-order valence-electron chi connectivity index (χ3n) is 3.85. The van der Waals surface area contributed by atoms with Gasteiger partial charge in [-0.15, -0.1) is 0 Å². The molecule has 1 atom stereocenters. The standard InChI is InChI=1S/C15H22N2OS/c16-15(19)14-8-2-1-5-12(14)11-17-9-3-6-13(17)7-4-10-18/h1-2,5,8,13,18H,3-4,6-7,9-11H2,(H2,16,19). The maximum atomic E-state index is 8.97. The van der Waals surface area contributed by atoms with Gasteiger partial charge in [0.2, 0.25) is 0 Å². The highest BCUT2D eigenvalue weighted by Gasteiger charge is 2.24. The van der Waals surface area contributed by atoms with Crippen LogP contribution in [0.2, 0.25) is 0 Å². The van der Waals surface area contributed by atoms with Crippen molar-refractivity contribution in [2.75, 3.05) is 13.2 Å². The van der Waals surface area contributed by atoms with Crippen LogP contribution in [0, 0.1) is 0 Å². The van der Waals surface area contributed by atoms with E-state index in [1.807, 2.05) is 18.2 Å². The van der Waals surface area contributed by atoms with E-state index in [4.69, 9.17) is 23.1 Å². The van der Waals surface area contributed by atoms with Crippen LogP contribution in [0.25, 0.3) is 0 Å². The minimum Gasteiger partial charge on any atom is -0.396 e. The summed E-state index contributed by atoms with van der Waals surface area (Å²) in [6.07, 6.45) is 4.43. The molecule has 1 fully saturated rings. The molecule has 1 unspecified atom stereocenters. The number of rotatable bonds is 6. The predicted molar refractivity (Wildman–Crippen MR) is 82.1 cm³/mol. The molecule has 0 amide bonds. The Hall–Kier alpha value is -0.970. The van der Waals surface area contributed by atoms with E-state index in [0.717, 1.165) is 31.5 Å². The highest BCUT2D eigenvalue weighted by atomic mass is 32.1. The first-order chi connectivity index (χ1) is 9.22. The summed E-state index contributed by atoms with van der Waals surface area (Å²) < 4.78 is 0. The van der Waals surface area contributed by atoms with Crippen LogP contribution in [-0.2, 0) is 6.54 Å². The van der Waals surface area contributed by atoms with Crippen molar-refractivity contribution in [3.63, 3.8) is 0 Å². The summed E-state index contributed by atoms with van der Waals surface area (Å²) in [6, 6.07) is 8.71. The van der Waals surface area contributed by atoms with Crippen molar-refractivity contribution in [3.8, 4) is 0 Å². The van der Waals surface area contributed by atoms with Crippen LogP contribution >= 0.6 is 12.2 Å². The molecule has 0 bridgehead atoms. The van der Waals surface area contributed by atoms with Crippen LogP contribution in [0.15, 0.2) is 24.3 Å². The van der Waals surface area contributed by atoms with Crippen LogP contribution in [0.4, 0.5) is 0 Å². The Bertz CT molecular complexity index is 436. The molecule has 0 saturated carbocycles. The molecule has 1 heterocycles. The van der Waals surface area contributed by atoms with Gasteiger partial charge in [-0.1, -0.05) is 36.5 Å². The molecule has 0 radical (unpaired) electrons. The summed E-state index contributed by atoms with van der Waals surface area (Å²) >= 11 is 5.12. The predicted octanol–water partition coefficient (Wildman–Crippen LogP) is 2.06. The third-order valence-corrected chi connectivity index (χ3v) is 4.07. The molecular weight excluding hydrogens is 256 g/mol. The maximum absolute atomic E-state index is 8.97. The Morgan fingerprint density at radius 2 is 2.21 bits per heavy atom. The van der Waals surface area contributed by atoms with Gasteiger partial charge >= 0.3 is 0 Å². The quantitative estimate of drug-likeness (QED) is 0.782. The van der Waals surface area contributed by atoms with E-state index in [2.05, 4.69) is 11.0 Å². The average molecular weight is 278 g/mol. The molecule has 0 aliphatic carbocycles. The molecule has 1 aromatic rings. The topological polar surface area (TPSA) is 49.5 Å². The SMILES string of the molecule is NC(=S)c1ccccc1CN1CCCC1CCCO. The molecule has 0 aromatic heterocycles. The van der Waals surface area contributed by atoms with E-state index in [1.54, 1.807) is 0 Å². The van der Waals surface area contributed by atoms with Crippen LogP contribution in [0.1, 0.15) is 36.8 Å². The van der Waals surface area contributed by atoms with Gasteiger partial charge in [-0.25, -0.2) is 0 Å². The van der Waals surface area contributed by atoms with Crippen LogP contribution in [0.5, 0.6) is 0 Å². The molecule has 1 aliphatic rings. The van der Waals surface area contributed by atoms with Gasteiger partial charge in [-0.3, -0.25) is 4.90 Å². The Labute approximate surface area is 120 Å². The normalized spacial score (nSPS) is 19.7. The molecular formula is C15H22N2OS. The first kappa shape index (κ1) is 14.4. The highest BCUT2D eigenvalue weighted by molar-refractivity contribution is 7.80. The summed E-state index contributed by atoms with van der Waals surface area (Å²) in [5.74, 6) is 0. The van der Waals surface area contributed by atoms with Crippen molar-refractivity contribution >= 4 is 17.2 Å². The Morgan fingerprint density at radius 3 is 2.95 bits per heavy atom. The van der Waals surface area contributed by atoms with E-state index in [1.165, 1.54) is 18.4 Å². The molecule has 1 saturated heterocycles. The van der Waals surface area contributed by atoms with E-state index >= 15 is 0 Å². The lowest BCUT2D eigenvalue weighted by Crippen LogP contribution is -2.30. The van der Waals surface area contributed by atoms with Crippen LogP contribution in [-0.4, -0.2) is 34.2 Å². The van der Waals surface area contributed by atoms with Gasteiger partial charge in [-0.2, -0.15) is 0 Å². The van der Waals surface area contributed by atoms with E-state index in [0.29, 0.717) is 11.0 Å². The van der Waals surface area contributed by atoms with Gasteiger partial charge in [0.25, 0.3) is 0 Å². The van der Waals surface area contributed by atoms with E-state index in [-0.39, 0.29) is 6.61 Å². The number of thiocarbonyl (C=S) groups is 1. The zero-order valence-electron chi connectivity index (χ0n) is 11.2. The number of nitrogens with two attached hydrogens (primary N) is 1. The van der Waals surface area contributed by atoms with Gasteiger partial charge in [0.15, 0.2) is 0 Å². The fraction of sp³-hybridized carbons (Fsp3) is 0.533. The smallest absolute Gasteiger partial charge is 0.104 e. The molecule has 19 heavy (non-hydrogen) atoms. The van der Waals surface area contributed by atoms with Gasteiger partial charge in [0, 0.05) is 24.8 Å². The second-order valence-electron chi connectivity index (χ2n) is 5.15. The zero-order valence-corrected chi connectivity index (χ0v) is 12.0. The Morgan fingerprint density at radius 1 is 1.42 bits per heavy atom. The van der Waals surface area contributed by atoms with Crippen molar-refractivity contribution < 1.29 is 5.11 Å². The van der Waals surface area contributed by atoms with Gasteiger partial charge in [0.1, 0.15) is 4.99 Å². The molecule has 4 heteroatoms. The Balaban J connectivity index is 2.05. The summed E-state index contributed by atoms with van der Waals surface area (Å²) in [6.45, 7) is 2.32. The maximum Gasteiger partial charge on any atom is 0.104 e. The van der Waals surface area contributed by atoms with Gasteiger partial charge in [0.05, 0.1) is 0 Å². The summed E-state index contributed by atoms with van der Waals surface area (Å²) in [4.78, 5) is 2.97. The average Bonchev–Trinajstić information content (AvgIpc) is 2.84. The lowest BCUT2D eigenvalue weighted by Gasteiger charge is -2.25. The fourth-order valence-corrected chi connectivity index (χ4v) is 3.07. The molecule has 0 spiro atoms. The summed E-state index contributed by atoms with van der Waals surface area (Å²) in [7, 11) is 0. The number of aliphatic hydroxyl groups excluding tert-OH is 1. The van der Waals surface area contributed by atoms with Crippen LogP contribution < -0.4 is 5.73 Å². The summed E-state index contributed by atoms with van der Waals surface area (Å²) in [5.41, 5.74) is 7.99. The highest BCUT2D eigenvalue weighted by Crippen LogP contribution is 2.24. The number of benzene rings is 1. The van der Waals surface area contributed by atoms with Gasteiger partial charge < -0.3 is 10.8 Å². The molecule has 2 rings (SSSR count). The van der Waals surface area contributed by atoms with Gasteiger partial charge in [-0.05, 0) is 37.8 Å². The number of nitrogens with zero attached hydrogens (tertiary/aromatic N) is 1. The van der Waals surface area contributed by atoms with E-state index < -0.39 is 0 Å². The lowest BCUT2D eigenvalue weighted by molar-refractivity contribution is 0.210. The van der Waals surface area contributed by atoms with Crippen molar-refractivity contribution in [3.05, 3.63) is 35.4 Å². The van der Waals surface area contributed by atoms with Crippen molar-refractivity contribution in [2.45, 2.75) is 38.3 Å². The van der Waals surface area contributed by atoms with Crippen LogP contribution in [0.3, 0.4) is 0 Å². The lowest BCUT2D eigenvalue weighted by atomic mass is 10.1. The third kappa shape index (κ3) is 3.75. The Kier molecular flexibility index (Phi) is 5.31. The number of aliphatic hydroxyl groups is 1. The van der Waals surface area contributed by atoms with Crippen molar-refractivity contribution in [1.29, 1.82) is 0 Å². The second-order valence-corrected chi connectivity index (χ2v) is 5.59. The second kappa shape index (κ2) is 6.98. The molecule has 1 aromatic carbocycles. The molecule has 3 nitrogen and oxygen atoms in total. The minimum atomic E-state index is 0.286. The minimum absolute atomic E-state index is 0.286. The number of likely N-dealkylation sites (tertiary alicyclic amines) is 1. The van der Waals surface area contributed by atoms with Crippen molar-refractivity contribution in [2.24, 2.45) is 5.73 Å². The fourth-order valence-electron chi connectivity index (χ4n) is 2.87. The van der Waals surface area contributed by atoms with Crippen molar-refractivity contribution in [1.82, 2.24) is 4.90 Å². The first-order valence-electron chi connectivity index (χ1n) is 6.95. The summed E-state index contributed by atoms with van der Waals surface area (Å²) in [5, 5.41) is 8.97.